The van der Waals surface area contributed by atoms with Crippen LogP contribution in [-0.4, -0.2) is 11.3 Å². The van der Waals surface area contributed by atoms with Crippen molar-refractivity contribution < 1.29 is 4.79 Å². The molecular formula is C16H10ClNO. The van der Waals surface area contributed by atoms with Crippen LogP contribution in [0.25, 0.3) is 22.0 Å². The molecule has 0 aliphatic rings. The molecule has 0 unspecified atom stereocenters. The number of aromatic nitrogens is 1. The van der Waals surface area contributed by atoms with Crippen LogP contribution in [0.1, 0.15) is 10.4 Å². The van der Waals surface area contributed by atoms with E-state index in [4.69, 9.17) is 11.6 Å². The van der Waals surface area contributed by atoms with Crippen molar-refractivity contribution in [1.29, 1.82) is 0 Å². The summed E-state index contributed by atoms with van der Waals surface area (Å²) in [6.07, 6.45) is 2.53. The Labute approximate surface area is 115 Å². The lowest BCUT2D eigenvalue weighted by molar-refractivity contribution is 0.112. The van der Waals surface area contributed by atoms with E-state index in [1.165, 1.54) is 0 Å². The first-order valence-electron chi connectivity index (χ1n) is 5.88. The summed E-state index contributed by atoms with van der Waals surface area (Å²) in [5.74, 6) is 0. The van der Waals surface area contributed by atoms with Crippen molar-refractivity contribution >= 4 is 28.8 Å². The average Bonchev–Trinajstić information content (AvgIpc) is 2.46. The molecular weight excluding hydrogens is 258 g/mol. The number of carbonyl (C=O) groups is 1. The SMILES string of the molecule is O=Cc1ccc(-c2cccc3ncccc23)cc1Cl. The fourth-order valence-electron chi connectivity index (χ4n) is 2.15. The molecule has 92 valence electrons. The molecule has 0 saturated heterocycles. The van der Waals surface area contributed by atoms with E-state index >= 15 is 0 Å². The van der Waals surface area contributed by atoms with E-state index in [1.807, 2.05) is 42.5 Å². The van der Waals surface area contributed by atoms with E-state index < -0.39 is 0 Å². The topological polar surface area (TPSA) is 30.0 Å². The summed E-state index contributed by atoms with van der Waals surface area (Å²) in [6, 6.07) is 15.3. The lowest BCUT2D eigenvalue weighted by atomic mass is 10.00. The van der Waals surface area contributed by atoms with Gasteiger partial charge in [-0.05, 0) is 35.4 Å². The van der Waals surface area contributed by atoms with Crippen LogP contribution in [0.5, 0.6) is 0 Å². The number of hydrogen-bond acceptors (Lipinski definition) is 2. The summed E-state index contributed by atoms with van der Waals surface area (Å²) in [5, 5.41) is 1.54. The number of hydrogen-bond donors (Lipinski definition) is 0. The molecule has 3 heteroatoms. The lowest BCUT2D eigenvalue weighted by Gasteiger charge is -2.07. The first-order valence-corrected chi connectivity index (χ1v) is 6.26. The minimum Gasteiger partial charge on any atom is -0.298 e. The molecule has 0 aliphatic carbocycles. The predicted octanol–water partition coefficient (Wildman–Crippen LogP) is 4.37. The van der Waals surface area contributed by atoms with Gasteiger partial charge in [-0.2, -0.15) is 0 Å². The number of benzene rings is 2. The quantitative estimate of drug-likeness (QED) is 0.646. The largest absolute Gasteiger partial charge is 0.298 e. The Morgan fingerprint density at radius 2 is 1.95 bits per heavy atom. The third-order valence-electron chi connectivity index (χ3n) is 3.08. The number of halogens is 1. The molecule has 3 aromatic rings. The van der Waals surface area contributed by atoms with Crippen molar-refractivity contribution in [2.45, 2.75) is 0 Å². The number of rotatable bonds is 2. The molecule has 2 nitrogen and oxygen atoms in total. The second-order valence-corrected chi connectivity index (χ2v) is 4.64. The smallest absolute Gasteiger partial charge is 0.151 e. The zero-order chi connectivity index (χ0) is 13.2. The third kappa shape index (κ3) is 2.11. The summed E-state index contributed by atoms with van der Waals surface area (Å²) >= 11 is 6.08. The molecule has 1 aromatic heterocycles. The maximum Gasteiger partial charge on any atom is 0.151 e. The molecule has 0 amide bonds. The highest BCUT2D eigenvalue weighted by Gasteiger charge is 2.06. The molecule has 0 atom stereocenters. The van der Waals surface area contributed by atoms with Crippen LogP contribution in [0.3, 0.4) is 0 Å². The van der Waals surface area contributed by atoms with Crippen LogP contribution in [0.15, 0.2) is 54.7 Å². The van der Waals surface area contributed by atoms with Crippen molar-refractivity contribution in [1.82, 2.24) is 4.98 Å². The highest BCUT2D eigenvalue weighted by molar-refractivity contribution is 6.33. The molecule has 2 aromatic carbocycles. The Morgan fingerprint density at radius 1 is 1.05 bits per heavy atom. The molecule has 0 aliphatic heterocycles. The Bertz CT molecular complexity index is 762. The molecule has 19 heavy (non-hydrogen) atoms. The van der Waals surface area contributed by atoms with Gasteiger partial charge in [0.05, 0.1) is 10.5 Å². The average molecular weight is 268 g/mol. The summed E-state index contributed by atoms with van der Waals surface area (Å²) in [7, 11) is 0. The molecule has 0 radical (unpaired) electrons. The molecule has 0 saturated carbocycles. The van der Waals surface area contributed by atoms with Gasteiger partial charge in [-0.15, -0.1) is 0 Å². The number of fused-ring (bicyclic) bond motifs is 1. The monoisotopic (exact) mass is 267 g/mol. The third-order valence-corrected chi connectivity index (χ3v) is 3.41. The van der Waals surface area contributed by atoms with Crippen LogP contribution >= 0.6 is 11.6 Å². The van der Waals surface area contributed by atoms with E-state index in [1.54, 1.807) is 12.3 Å². The number of pyridine rings is 1. The second kappa shape index (κ2) is 4.82. The molecule has 3 rings (SSSR count). The highest BCUT2D eigenvalue weighted by Crippen LogP contribution is 2.30. The van der Waals surface area contributed by atoms with Crippen LogP contribution < -0.4 is 0 Å². The fraction of sp³-hybridized carbons (Fsp3) is 0. The van der Waals surface area contributed by atoms with E-state index in [0.717, 1.165) is 28.3 Å². The van der Waals surface area contributed by atoms with Gasteiger partial charge in [0, 0.05) is 17.1 Å². The van der Waals surface area contributed by atoms with E-state index in [9.17, 15) is 4.79 Å². The van der Waals surface area contributed by atoms with E-state index in [0.29, 0.717) is 10.6 Å². The second-order valence-electron chi connectivity index (χ2n) is 4.23. The van der Waals surface area contributed by atoms with E-state index in [-0.39, 0.29) is 0 Å². The Morgan fingerprint density at radius 3 is 2.74 bits per heavy atom. The van der Waals surface area contributed by atoms with Gasteiger partial charge >= 0.3 is 0 Å². The van der Waals surface area contributed by atoms with Crippen molar-refractivity contribution in [3.8, 4) is 11.1 Å². The molecule has 0 fully saturated rings. The van der Waals surface area contributed by atoms with Gasteiger partial charge in [0.1, 0.15) is 0 Å². The molecule has 1 heterocycles. The summed E-state index contributed by atoms with van der Waals surface area (Å²) in [4.78, 5) is 15.1. The van der Waals surface area contributed by atoms with Crippen LogP contribution in [0, 0.1) is 0 Å². The fourth-order valence-corrected chi connectivity index (χ4v) is 2.37. The standard InChI is InChI=1S/C16H10ClNO/c17-15-9-11(6-7-12(15)10-19)13-3-1-5-16-14(13)4-2-8-18-16/h1-10H. The molecule has 0 spiro atoms. The van der Waals surface area contributed by atoms with Gasteiger partial charge in [-0.1, -0.05) is 35.9 Å². The molecule has 0 N–H and O–H groups in total. The summed E-state index contributed by atoms with van der Waals surface area (Å²) in [6.45, 7) is 0. The Kier molecular flexibility index (Phi) is 3.02. The van der Waals surface area contributed by atoms with Crippen molar-refractivity contribution in [3.05, 3.63) is 65.3 Å². The number of carbonyl (C=O) groups excluding carboxylic acids is 1. The van der Waals surface area contributed by atoms with Crippen molar-refractivity contribution in [2.24, 2.45) is 0 Å². The van der Waals surface area contributed by atoms with Gasteiger partial charge in [-0.3, -0.25) is 9.78 Å². The first-order chi connectivity index (χ1) is 9.29. The zero-order valence-electron chi connectivity index (χ0n) is 10.0. The highest BCUT2D eigenvalue weighted by atomic mass is 35.5. The summed E-state index contributed by atoms with van der Waals surface area (Å²) < 4.78 is 0. The van der Waals surface area contributed by atoms with E-state index in [2.05, 4.69) is 4.98 Å². The van der Waals surface area contributed by atoms with Gasteiger partial charge in [-0.25, -0.2) is 0 Å². The maximum atomic E-state index is 10.8. The Balaban J connectivity index is 2.24. The lowest BCUT2D eigenvalue weighted by Crippen LogP contribution is -1.86. The number of aldehydes is 1. The zero-order valence-corrected chi connectivity index (χ0v) is 10.8. The van der Waals surface area contributed by atoms with Crippen LogP contribution in [0.2, 0.25) is 5.02 Å². The maximum absolute atomic E-state index is 10.8. The van der Waals surface area contributed by atoms with Gasteiger partial charge in [0.2, 0.25) is 0 Å². The van der Waals surface area contributed by atoms with Crippen LogP contribution in [0.4, 0.5) is 0 Å². The van der Waals surface area contributed by atoms with Crippen LogP contribution in [-0.2, 0) is 0 Å². The van der Waals surface area contributed by atoms with Gasteiger partial charge in [0.25, 0.3) is 0 Å². The number of nitrogens with zero attached hydrogens (tertiary/aromatic N) is 1. The minimum atomic E-state index is 0.466. The Hall–Kier alpha value is -2.19. The first kappa shape index (κ1) is 11.9. The van der Waals surface area contributed by atoms with Crippen molar-refractivity contribution in [2.75, 3.05) is 0 Å². The molecule has 0 bridgehead atoms. The minimum absolute atomic E-state index is 0.466. The van der Waals surface area contributed by atoms with Gasteiger partial charge < -0.3 is 0 Å². The van der Waals surface area contributed by atoms with Gasteiger partial charge in [0.15, 0.2) is 6.29 Å². The van der Waals surface area contributed by atoms with Crippen molar-refractivity contribution in [3.63, 3.8) is 0 Å². The predicted molar refractivity (Wildman–Crippen MR) is 77.6 cm³/mol. The summed E-state index contributed by atoms with van der Waals surface area (Å²) in [5.41, 5.74) is 3.48. The normalized spacial score (nSPS) is 10.6.